The second-order valence-electron chi connectivity index (χ2n) is 4.31. The maximum absolute atomic E-state index is 12.3. The Hall–Kier alpha value is -2.13. The van der Waals surface area contributed by atoms with Crippen LogP contribution in [0.3, 0.4) is 0 Å². The first kappa shape index (κ1) is 11.9. The van der Waals surface area contributed by atoms with E-state index in [-0.39, 0.29) is 5.78 Å². The normalized spacial score (nSPS) is 10.8. The molecule has 0 aliphatic heterocycles. The van der Waals surface area contributed by atoms with Crippen LogP contribution in [0.25, 0.3) is 10.9 Å². The third-order valence-electron chi connectivity index (χ3n) is 2.85. The van der Waals surface area contributed by atoms with Gasteiger partial charge in [0.1, 0.15) is 5.69 Å². The van der Waals surface area contributed by atoms with Gasteiger partial charge in [-0.15, -0.1) is 0 Å². The molecule has 2 heterocycles. The number of fused-ring (bicyclic) bond motifs is 1. The van der Waals surface area contributed by atoms with E-state index >= 15 is 0 Å². The van der Waals surface area contributed by atoms with Crippen LogP contribution in [0.4, 0.5) is 0 Å². The van der Waals surface area contributed by atoms with Crippen molar-refractivity contribution in [3.8, 4) is 0 Å². The Kier molecular flexibility index (Phi) is 2.84. The minimum Gasteiger partial charge on any atom is -0.351 e. The summed E-state index contributed by atoms with van der Waals surface area (Å²) in [6, 6.07) is 13.8. The highest BCUT2D eigenvalue weighted by Gasteiger charge is 2.14. The molecule has 0 aliphatic rings. The van der Waals surface area contributed by atoms with Gasteiger partial charge in [-0.05, 0) is 37.3 Å². The Bertz CT molecular complexity index is 777. The topological polar surface area (TPSA) is 45.8 Å². The summed E-state index contributed by atoms with van der Waals surface area (Å²) in [7, 11) is 0. The fourth-order valence-corrected chi connectivity index (χ4v) is 2.11. The number of nitrogens with one attached hydrogen (secondary N) is 1. The van der Waals surface area contributed by atoms with Crippen LogP contribution in [0.2, 0.25) is 5.02 Å². The number of nitrogens with zero attached hydrogens (tertiary/aromatic N) is 1. The summed E-state index contributed by atoms with van der Waals surface area (Å²) in [5, 5.41) is 1.42. The van der Waals surface area contributed by atoms with Crippen LogP contribution in [-0.2, 0) is 0 Å². The number of aromatic amines is 1. The highest BCUT2D eigenvalue weighted by Crippen LogP contribution is 2.20. The predicted molar refractivity (Wildman–Crippen MR) is 74.6 cm³/mol. The highest BCUT2D eigenvalue weighted by molar-refractivity contribution is 6.31. The van der Waals surface area contributed by atoms with Crippen LogP contribution < -0.4 is 0 Å². The summed E-state index contributed by atoms with van der Waals surface area (Å²) in [5.41, 5.74) is 2.45. The smallest absolute Gasteiger partial charge is 0.228 e. The van der Waals surface area contributed by atoms with Gasteiger partial charge in [0.2, 0.25) is 5.78 Å². The number of pyridine rings is 1. The van der Waals surface area contributed by atoms with Crippen LogP contribution in [0.1, 0.15) is 21.9 Å². The van der Waals surface area contributed by atoms with Crippen molar-refractivity contribution in [2.45, 2.75) is 6.92 Å². The first-order chi connectivity index (χ1) is 9.13. The number of H-pyrrole nitrogens is 1. The molecule has 0 amide bonds. The van der Waals surface area contributed by atoms with E-state index in [4.69, 9.17) is 11.6 Å². The number of ketones is 1. The fourth-order valence-electron chi connectivity index (χ4n) is 1.94. The average Bonchev–Trinajstić information content (AvgIpc) is 2.80. The van der Waals surface area contributed by atoms with Crippen LogP contribution in [0.5, 0.6) is 0 Å². The van der Waals surface area contributed by atoms with Gasteiger partial charge in [0.05, 0.1) is 5.69 Å². The largest absolute Gasteiger partial charge is 0.351 e. The van der Waals surface area contributed by atoms with E-state index in [1.165, 1.54) is 0 Å². The summed E-state index contributed by atoms with van der Waals surface area (Å²) in [6.45, 7) is 1.85. The second-order valence-corrected chi connectivity index (χ2v) is 4.74. The molecule has 1 N–H and O–H groups in total. The Balaban J connectivity index is 2.06. The molecule has 1 radical (unpaired) electrons. The number of aromatic nitrogens is 2. The lowest BCUT2D eigenvalue weighted by Gasteiger charge is -1.98. The zero-order valence-corrected chi connectivity index (χ0v) is 11.0. The van der Waals surface area contributed by atoms with Crippen molar-refractivity contribution in [1.82, 2.24) is 9.97 Å². The summed E-state index contributed by atoms with van der Waals surface area (Å²) >= 11 is 5.91. The molecule has 3 aromatic rings. The van der Waals surface area contributed by atoms with Gasteiger partial charge < -0.3 is 4.98 Å². The maximum Gasteiger partial charge on any atom is 0.228 e. The second kappa shape index (κ2) is 4.52. The third kappa shape index (κ3) is 2.25. The van der Waals surface area contributed by atoms with Gasteiger partial charge in [-0.3, -0.25) is 4.79 Å². The number of carbonyl (C=O) groups excluding carboxylic acids is 1. The van der Waals surface area contributed by atoms with E-state index in [9.17, 15) is 4.79 Å². The van der Waals surface area contributed by atoms with E-state index in [0.29, 0.717) is 16.4 Å². The zero-order chi connectivity index (χ0) is 13.4. The lowest BCUT2D eigenvalue weighted by atomic mass is 10.2. The van der Waals surface area contributed by atoms with Gasteiger partial charge >= 0.3 is 0 Å². The van der Waals surface area contributed by atoms with Crippen LogP contribution in [0.15, 0.2) is 36.4 Å². The Morgan fingerprint density at radius 1 is 1.32 bits per heavy atom. The van der Waals surface area contributed by atoms with Crippen LogP contribution >= 0.6 is 11.6 Å². The highest BCUT2D eigenvalue weighted by atomic mass is 35.5. The first-order valence-corrected chi connectivity index (χ1v) is 6.20. The summed E-state index contributed by atoms with van der Waals surface area (Å²) < 4.78 is 0. The number of halogens is 1. The predicted octanol–water partition coefficient (Wildman–Crippen LogP) is 3.56. The molecule has 19 heavy (non-hydrogen) atoms. The Morgan fingerprint density at radius 3 is 2.95 bits per heavy atom. The average molecular weight is 270 g/mol. The van der Waals surface area contributed by atoms with E-state index in [2.05, 4.69) is 16.0 Å². The first-order valence-electron chi connectivity index (χ1n) is 5.82. The van der Waals surface area contributed by atoms with Crippen molar-refractivity contribution in [3.05, 3.63) is 64.6 Å². The van der Waals surface area contributed by atoms with Crippen molar-refractivity contribution < 1.29 is 4.79 Å². The van der Waals surface area contributed by atoms with Crippen molar-refractivity contribution >= 4 is 28.3 Å². The molecule has 3 nitrogen and oxygen atoms in total. The van der Waals surface area contributed by atoms with Gasteiger partial charge in [0, 0.05) is 27.7 Å². The quantitative estimate of drug-likeness (QED) is 0.723. The molecule has 0 atom stereocenters. The molecule has 2 aromatic heterocycles. The van der Waals surface area contributed by atoms with Crippen LogP contribution in [0, 0.1) is 13.0 Å². The number of benzene rings is 1. The number of aryl methyl sites for hydroxylation is 1. The molecule has 1 aromatic carbocycles. The SMILES string of the molecule is Cc1cccc(C(=O)c2[c]c3cc(Cl)ccc3[nH]2)n1. The number of hydrogen-bond donors (Lipinski definition) is 1. The fraction of sp³-hybridized carbons (Fsp3) is 0.0667. The summed E-state index contributed by atoms with van der Waals surface area (Å²) in [5.74, 6) is -0.170. The minimum absolute atomic E-state index is 0.170. The van der Waals surface area contributed by atoms with Gasteiger partial charge in [0.25, 0.3) is 0 Å². The standard InChI is InChI=1S/C15H10ClN2O/c1-9-3-2-4-13(17-9)15(19)14-8-10-7-11(16)5-6-12(10)18-14/h2-7,18H,1H3. The molecule has 0 unspecified atom stereocenters. The molecule has 93 valence electrons. The molecule has 0 bridgehead atoms. The van der Waals surface area contributed by atoms with E-state index in [0.717, 1.165) is 16.6 Å². The van der Waals surface area contributed by atoms with Crippen molar-refractivity contribution in [2.24, 2.45) is 0 Å². The number of rotatable bonds is 2. The van der Waals surface area contributed by atoms with E-state index in [1.54, 1.807) is 18.2 Å². The summed E-state index contributed by atoms with van der Waals surface area (Å²) in [6.07, 6.45) is 0. The van der Waals surface area contributed by atoms with Gasteiger partial charge in [-0.25, -0.2) is 4.98 Å². The Morgan fingerprint density at radius 2 is 2.16 bits per heavy atom. The molecule has 0 saturated carbocycles. The lowest BCUT2D eigenvalue weighted by molar-refractivity contribution is 0.103. The molecule has 4 heteroatoms. The van der Waals surface area contributed by atoms with Crippen molar-refractivity contribution in [2.75, 3.05) is 0 Å². The molecule has 0 spiro atoms. The molecule has 0 aliphatic carbocycles. The van der Waals surface area contributed by atoms with Crippen LogP contribution in [-0.4, -0.2) is 15.8 Å². The minimum atomic E-state index is -0.170. The van der Waals surface area contributed by atoms with Crippen molar-refractivity contribution in [3.63, 3.8) is 0 Å². The van der Waals surface area contributed by atoms with E-state index in [1.807, 2.05) is 25.1 Å². The summed E-state index contributed by atoms with van der Waals surface area (Å²) in [4.78, 5) is 19.6. The Labute approximate surface area is 115 Å². The van der Waals surface area contributed by atoms with Gasteiger partial charge in [0.15, 0.2) is 0 Å². The van der Waals surface area contributed by atoms with Gasteiger partial charge in [-0.1, -0.05) is 17.7 Å². The monoisotopic (exact) mass is 269 g/mol. The molecule has 0 saturated heterocycles. The zero-order valence-electron chi connectivity index (χ0n) is 10.2. The molecular formula is C15H10ClN2O. The number of carbonyl (C=O) groups is 1. The third-order valence-corrected chi connectivity index (χ3v) is 3.08. The van der Waals surface area contributed by atoms with Crippen molar-refractivity contribution in [1.29, 1.82) is 0 Å². The lowest BCUT2D eigenvalue weighted by Crippen LogP contribution is -2.05. The molecule has 0 fully saturated rings. The van der Waals surface area contributed by atoms with Gasteiger partial charge in [-0.2, -0.15) is 0 Å². The maximum atomic E-state index is 12.3. The molecular weight excluding hydrogens is 260 g/mol. The molecule has 3 rings (SSSR count). The number of hydrogen-bond acceptors (Lipinski definition) is 2. The van der Waals surface area contributed by atoms with E-state index < -0.39 is 0 Å².